The second-order valence-electron chi connectivity index (χ2n) is 7.91. The Labute approximate surface area is 199 Å². The number of anilines is 1. The zero-order chi connectivity index (χ0) is 22.2. The fourth-order valence-electron chi connectivity index (χ4n) is 3.66. The van der Waals surface area contributed by atoms with Crippen LogP contribution in [-0.4, -0.2) is 27.2 Å². The lowest BCUT2D eigenvalue weighted by Gasteiger charge is -2.18. The maximum Gasteiger partial charge on any atom is 0.204 e. The molecule has 8 heteroatoms. The number of hydrogen-bond donors (Lipinski definition) is 1. The van der Waals surface area contributed by atoms with Crippen molar-refractivity contribution in [2.75, 3.05) is 11.2 Å². The van der Waals surface area contributed by atoms with Gasteiger partial charge in [0.15, 0.2) is 5.78 Å². The van der Waals surface area contributed by atoms with Crippen molar-refractivity contribution >= 4 is 61.3 Å². The first-order valence-corrected chi connectivity index (χ1v) is 13.1. The number of para-hydroxylation sites is 1. The van der Waals surface area contributed by atoms with Crippen LogP contribution in [-0.2, 0) is 0 Å². The van der Waals surface area contributed by atoms with E-state index < -0.39 is 0 Å². The number of hydrogen-bond acceptors (Lipinski definition) is 8. The molecular formula is C24H22N4OS3. The maximum absolute atomic E-state index is 12.1. The first-order chi connectivity index (χ1) is 15.5. The Morgan fingerprint density at radius 1 is 1.12 bits per heavy atom. The van der Waals surface area contributed by atoms with E-state index in [0.29, 0.717) is 5.69 Å². The monoisotopic (exact) mass is 478 g/mol. The van der Waals surface area contributed by atoms with Gasteiger partial charge in [-0.3, -0.25) is 10.2 Å². The van der Waals surface area contributed by atoms with Gasteiger partial charge in [-0.1, -0.05) is 43.4 Å². The smallest absolute Gasteiger partial charge is 0.204 e. The lowest BCUT2D eigenvalue weighted by molar-refractivity contribution is 0.101. The van der Waals surface area contributed by atoms with Crippen LogP contribution in [0.1, 0.15) is 54.0 Å². The summed E-state index contributed by atoms with van der Waals surface area (Å²) in [5.74, 6) is 1.28. The molecule has 2 aromatic carbocycles. The fourth-order valence-corrected chi connectivity index (χ4v) is 6.59. The molecule has 0 spiro atoms. The largest absolute Gasteiger partial charge is 0.293 e. The third-order valence-electron chi connectivity index (χ3n) is 5.23. The molecule has 0 fully saturated rings. The number of fused-ring (bicyclic) bond motifs is 2. The van der Waals surface area contributed by atoms with Crippen LogP contribution >= 0.6 is 34.4 Å². The molecule has 5 rings (SSSR count). The number of carbonyl (C=O) groups is 1. The van der Waals surface area contributed by atoms with Crippen LogP contribution < -0.4 is 5.43 Å². The number of thiazole rings is 2. The van der Waals surface area contributed by atoms with E-state index in [-0.39, 0.29) is 11.7 Å². The predicted octanol–water partition coefficient (Wildman–Crippen LogP) is 7.06. The molecule has 0 saturated heterocycles. The van der Waals surface area contributed by atoms with Gasteiger partial charge < -0.3 is 0 Å². The molecule has 0 amide bonds. The van der Waals surface area contributed by atoms with Gasteiger partial charge in [-0.05, 0) is 30.2 Å². The SMILES string of the molecule is CC(=O)c1nc(-c2ccc3c(c2)/C(=N/Nc2nc4ccccc4s2)CCS3)sc1C(C)C. The topological polar surface area (TPSA) is 67.2 Å². The van der Waals surface area contributed by atoms with E-state index in [1.165, 1.54) is 4.90 Å². The zero-order valence-corrected chi connectivity index (χ0v) is 20.5. The van der Waals surface area contributed by atoms with Crippen LogP contribution in [0, 0.1) is 0 Å². The van der Waals surface area contributed by atoms with Gasteiger partial charge in [0, 0.05) is 40.0 Å². The third-order valence-corrected chi connectivity index (χ3v) is 8.65. The molecule has 0 bridgehead atoms. The summed E-state index contributed by atoms with van der Waals surface area (Å²) in [7, 11) is 0. The van der Waals surface area contributed by atoms with Gasteiger partial charge >= 0.3 is 0 Å². The summed E-state index contributed by atoms with van der Waals surface area (Å²) >= 11 is 5.06. The lowest BCUT2D eigenvalue weighted by Crippen LogP contribution is -2.12. The highest BCUT2D eigenvalue weighted by Crippen LogP contribution is 2.37. The van der Waals surface area contributed by atoms with E-state index in [2.05, 4.69) is 48.5 Å². The highest BCUT2D eigenvalue weighted by atomic mass is 32.2. The summed E-state index contributed by atoms with van der Waals surface area (Å²) in [6.45, 7) is 5.80. The molecule has 162 valence electrons. The van der Waals surface area contributed by atoms with E-state index in [0.717, 1.165) is 54.2 Å². The number of thioether (sulfide) groups is 1. The number of Topliss-reactive ketones (excluding diaryl/α,β-unsaturated/α-hetero) is 1. The van der Waals surface area contributed by atoms with E-state index in [1.54, 1.807) is 29.6 Å². The van der Waals surface area contributed by atoms with Crippen LogP contribution in [0.5, 0.6) is 0 Å². The van der Waals surface area contributed by atoms with Crippen molar-refractivity contribution in [2.45, 2.75) is 38.0 Å². The molecule has 4 aromatic rings. The number of ketones is 1. The van der Waals surface area contributed by atoms with Crippen LogP contribution in [0.2, 0.25) is 0 Å². The Hall–Kier alpha value is -2.55. The average molecular weight is 479 g/mol. The van der Waals surface area contributed by atoms with E-state index in [4.69, 9.17) is 10.1 Å². The van der Waals surface area contributed by atoms with Crippen LogP contribution in [0.4, 0.5) is 5.13 Å². The molecule has 2 aromatic heterocycles. The summed E-state index contributed by atoms with van der Waals surface area (Å²) < 4.78 is 1.14. The van der Waals surface area contributed by atoms with Crippen molar-refractivity contribution in [3.05, 3.63) is 58.6 Å². The van der Waals surface area contributed by atoms with E-state index >= 15 is 0 Å². The molecule has 3 heterocycles. The molecule has 0 saturated carbocycles. The van der Waals surface area contributed by atoms with Crippen molar-refractivity contribution in [3.8, 4) is 10.6 Å². The van der Waals surface area contributed by atoms with Crippen molar-refractivity contribution in [3.63, 3.8) is 0 Å². The minimum Gasteiger partial charge on any atom is -0.293 e. The first-order valence-electron chi connectivity index (χ1n) is 10.5. The average Bonchev–Trinajstić information content (AvgIpc) is 3.42. The second kappa shape index (κ2) is 8.77. The van der Waals surface area contributed by atoms with Gasteiger partial charge in [-0.15, -0.1) is 23.1 Å². The van der Waals surface area contributed by atoms with Crippen molar-refractivity contribution in [2.24, 2.45) is 5.10 Å². The lowest BCUT2D eigenvalue weighted by atomic mass is 10.0. The summed E-state index contributed by atoms with van der Waals surface area (Å²) in [6.07, 6.45) is 0.882. The number of nitrogens with one attached hydrogen (secondary N) is 1. The zero-order valence-electron chi connectivity index (χ0n) is 18.0. The number of carbonyl (C=O) groups excluding carboxylic acids is 1. The van der Waals surface area contributed by atoms with E-state index in [1.807, 2.05) is 30.0 Å². The molecule has 5 nitrogen and oxygen atoms in total. The summed E-state index contributed by atoms with van der Waals surface area (Å²) in [6, 6.07) is 14.5. The highest BCUT2D eigenvalue weighted by Gasteiger charge is 2.21. The number of benzene rings is 2. The number of aromatic nitrogens is 2. The van der Waals surface area contributed by atoms with Crippen molar-refractivity contribution in [1.82, 2.24) is 9.97 Å². The van der Waals surface area contributed by atoms with Gasteiger partial charge in [0.05, 0.1) is 15.9 Å². The minimum atomic E-state index is 0.0204. The summed E-state index contributed by atoms with van der Waals surface area (Å²) in [5, 5.41) is 6.41. The normalized spacial score (nSPS) is 14.8. The van der Waals surface area contributed by atoms with Crippen LogP contribution in [0.15, 0.2) is 52.5 Å². The Balaban J connectivity index is 1.49. The van der Waals surface area contributed by atoms with Crippen molar-refractivity contribution < 1.29 is 4.79 Å². The minimum absolute atomic E-state index is 0.0204. The Bertz CT molecular complexity index is 1320. The molecule has 0 atom stereocenters. The quantitative estimate of drug-likeness (QED) is 0.246. The molecule has 32 heavy (non-hydrogen) atoms. The molecular weight excluding hydrogens is 456 g/mol. The molecule has 1 N–H and O–H groups in total. The number of rotatable bonds is 5. The van der Waals surface area contributed by atoms with Gasteiger partial charge in [0.2, 0.25) is 5.13 Å². The molecule has 0 aliphatic carbocycles. The summed E-state index contributed by atoms with van der Waals surface area (Å²) in [4.78, 5) is 23.7. The summed E-state index contributed by atoms with van der Waals surface area (Å²) in [5.41, 5.74) is 7.92. The molecule has 1 aliphatic rings. The van der Waals surface area contributed by atoms with Crippen LogP contribution in [0.3, 0.4) is 0 Å². The molecule has 0 unspecified atom stereocenters. The van der Waals surface area contributed by atoms with Gasteiger partial charge in [-0.25, -0.2) is 9.97 Å². The van der Waals surface area contributed by atoms with Gasteiger partial charge in [0.25, 0.3) is 0 Å². The number of hydrazone groups is 1. The standard InChI is InChI=1S/C24H22N4OS3/c1-13(2)22-21(14(3)29)26-23(32-22)15-8-9-19-16(12-15)17(10-11-30-19)27-28-24-25-18-6-4-5-7-20(18)31-24/h4-9,12-13H,10-11H2,1-3H3,(H,25,28)/b27-17+. The van der Waals surface area contributed by atoms with Crippen molar-refractivity contribution in [1.29, 1.82) is 0 Å². The first kappa shape index (κ1) is 21.3. The fraction of sp³-hybridized carbons (Fsp3) is 0.250. The highest BCUT2D eigenvalue weighted by molar-refractivity contribution is 7.99. The Morgan fingerprint density at radius 3 is 2.72 bits per heavy atom. The van der Waals surface area contributed by atoms with Gasteiger partial charge in [0.1, 0.15) is 10.7 Å². The molecule has 1 aliphatic heterocycles. The Kier molecular flexibility index (Phi) is 5.84. The molecule has 0 radical (unpaired) electrons. The third kappa shape index (κ3) is 4.10. The second-order valence-corrected chi connectivity index (χ2v) is 11.1. The van der Waals surface area contributed by atoms with Gasteiger partial charge in [-0.2, -0.15) is 5.10 Å². The predicted molar refractivity (Wildman–Crippen MR) is 137 cm³/mol. The van der Waals surface area contributed by atoms with E-state index in [9.17, 15) is 4.79 Å². The maximum atomic E-state index is 12.1. The van der Waals surface area contributed by atoms with Crippen LogP contribution in [0.25, 0.3) is 20.8 Å². The Morgan fingerprint density at radius 2 is 1.97 bits per heavy atom. The number of nitrogens with zero attached hydrogens (tertiary/aromatic N) is 3.